The van der Waals surface area contributed by atoms with E-state index in [2.05, 4.69) is 17.2 Å². The molecule has 0 aliphatic rings. The largest absolute Gasteiger partial charge is 0.369 e. The van der Waals surface area contributed by atoms with Gasteiger partial charge in [-0.25, -0.2) is 4.98 Å². The Bertz CT molecular complexity index is 426. The molecule has 0 amide bonds. The number of hydrogen-bond acceptors (Lipinski definition) is 4. The van der Waals surface area contributed by atoms with Crippen LogP contribution in [0.3, 0.4) is 0 Å². The minimum atomic E-state index is 0.413. The number of anilines is 1. The van der Waals surface area contributed by atoms with Crippen LogP contribution in [0.4, 0.5) is 5.82 Å². The molecule has 0 saturated carbocycles. The Kier molecular flexibility index (Phi) is 4.82. The van der Waals surface area contributed by atoms with Gasteiger partial charge in [0.25, 0.3) is 0 Å². The average Bonchev–Trinajstić information content (AvgIpc) is 2.34. The highest BCUT2D eigenvalue weighted by molar-refractivity contribution is 5.54. The molecule has 16 heavy (non-hydrogen) atoms. The van der Waals surface area contributed by atoms with Crippen LogP contribution in [0.15, 0.2) is 12.3 Å². The smallest absolute Gasteiger partial charge is 0.143 e. The zero-order valence-corrected chi connectivity index (χ0v) is 9.32. The van der Waals surface area contributed by atoms with E-state index in [4.69, 9.17) is 10.5 Å². The Morgan fingerprint density at radius 2 is 2.12 bits per heavy atom. The van der Waals surface area contributed by atoms with Gasteiger partial charge in [-0.05, 0) is 12.5 Å². The second-order valence-electron chi connectivity index (χ2n) is 3.48. The molecule has 0 unspecified atom stereocenters. The Morgan fingerprint density at radius 1 is 1.31 bits per heavy atom. The molecule has 0 atom stereocenters. The van der Waals surface area contributed by atoms with Gasteiger partial charge in [0.15, 0.2) is 0 Å². The molecule has 4 nitrogen and oxygen atoms in total. The van der Waals surface area contributed by atoms with Crippen molar-refractivity contribution in [2.45, 2.75) is 26.2 Å². The zero-order chi connectivity index (χ0) is 11.8. The van der Waals surface area contributed by atoms with Gasteiger partial charge in [0.05, 0.1) is 11.1 Å². The Balaban J connectivity index is 2.67. The molecule has 4 heteroatoms. The minimum Gasteiger partial charge on any atom is -0.369 e. The van der Waals surface area contributed by atoms with Crippen LogP contribution < -0.4 is 5.32 Å². The first-order valence-electron chi connectivity index (χ1n) is 5.36. The standard InChI is InChI=1S/C12H14N4/c1-2-3-4-5-15-12-11(8-14)6-10(7-13)9-16-12/h6,9H,2-5H2,1H3,(H,15,16). The summed E-state index contributed by atoms with van der Waals surface area (Å²) in [6.45, 7) is 2.95. The fourth-order valence-corrected chi connectivity index (χ4v) is 1.33. The zero-order valence-electron chi connectivity index (χ0n) is 9.32. The minimum absolute atomic E-state index is 0.413. The maximum absolute atomic E-state index is 8.90. The van der Waals surface area contributed by atoms with Gasteiger partial charge in [0.1, 0.15) is 18.0 Å². The third kappa shape index (κ3) is 3.25. The molecule has 1 rings (SSSR count). The fourth-order valence-electron chi connectivity index (χ4n) is 1.33. The summed E-state index contributed by atoms with van der Waals surface area (Å²) in [5, 5.41) is 20.7. The van der Waals surface area contributed by atoms with E-state index in [1.807, 2.05) is 12.1 Å². The van der Waals surface area contributed by atoms with Crippen LogP contribution in [0.2, 0.25) is 0 Å². The Labute approximate surface area is 95.5 Å². The summed E-state index contributed by atoms with van der Waals surface area (Å²) in [6, 6.07) is 5.55. The number of nitriles is 2. The molecule has 1 N–H and O–H groups in total. The van der Waals surface area contributed by atoms with Gasteiger partial charge < -0.3 is 5.32 Å². The first kappa shape index (κ1) is 12.0. The van der Waals surface area contributed by atoms with Gasteiger partial charge in [-0.15, -0.1) is 0 Å². The summed E-state index contributed by atoms with van der Waals surface area (Å²) >= 11 is 0. The number of unbranched alkanes of at least 4 members (excludes halogenated alkanes) is 2. The van der Waals surface area contributed by atoms with Gasteiger partial charge in [0, 0.05) is 12.7 Å². The summed E-state index contributed by atoms with van der Waals surface area (Å²) in [6.07, 6.45) is 4.85. The SMILES string of the molecule is CCCCCNc1ncc(C#N)cc1C#N. The Morgan fingerprint density at radius 3 is 2.75 bits per heavy atom. The van der Waals surface area contributed by atoms with Crippen molar-refractivity contribution in [3.8, 4) is 12.1 Å². The summed E-state index contributed by atoms with van der Waals surface area (Å²) in [5.74, 6) is 0.567. The summed E-state index contributed by atoms with van der Waals surface area (Å²) < 4.78 is 0. The normalized spacial score (nSPS) is 9.19. The van der Waals surface area contributed by atoms with Crippen LogP contribution in [-0.4, -0.2) is 11.5 Å². The van der Waals surface area contributed by atoms with Gasteiger partial charge in [-0.1, -0.05) is 19.8 Å². The molecule has 1 aromatic rings. The first-order chi connectivity index (χ1) is 7.81. The molecule has 0 radical (unpaired) electrons. The number of rotatable bonds is 5. The van der Waals surface area contributed by atoms with E-state index in [-0.39, 0.29) is 0 Å². The van der Waals surface area contributed by atoms with Crippen molar-refractivity contribution in [2.75, 3.05) is 11.9 Å². The van der Waals surface area contributed by atoms with E-state index in [1.54, 1.807) is 6.07 Å². The van der Waals surface area contributed by atoms with Crippen LogP contribution in [0.1, 0.15) is 37.3 Å². The van der Waals surface area contributed by atoms with E-state index in [0.29, 0.717) is 16.9 Å². The predicted molar refractivity (Wildman–Crippen MR) is 61.7 cm³/mol. The van der Waals surface area contributed by atoms with Crippen LogP contribution in [0.25, 0.3) is 0 Å². The maximum atomic E-state index is 8.90. The van der Waals surface area contributed by atoms with Crippen molar-refractivity contribution in [2.24, 2.45) is 0 Å². The second kappa shape index (κ2) is 6.42. The highest BCUT2D eigenvalue weighted by Gasteiger charge is 2.04. The Hall–Kier alpha value is -2.07. The molecule has 0 spiro atoms. The van der Waals surface area contributed by atoms with Crippen LogP contribution in [0, 0.1) is 22.7 Å². The number of nitrogens with one attached hydrogen (secondary N) is 1. The third-order valence-corrected chi connectivity index (χ3v) is 2.21. The summed E-state index contributed by atoms with van der Waals surface area (Å²) in [5.41, 5.74) is 0.839. The van der Waals surface area contributed by atoms with Crippen molar-refractivity contribution in [3.05, 3.63) is 23.4 Å². The van der Waals surface area contributed by atoms with E-state index in [9.17, 15) is 0 Å². The molecular weight excluding hydrogens is 200 g/mol. The maximum Gasteiger partial charge on any atom is 0.143 e. The third-order valence-electron chi connectivity index (χ3n) is 2.21. The van der Waals surface area contributed by atoms with Crippen molar-refractivity contribution in [1.82, 2.24) is 4.98 Å². The second-order valence-corrected chi connectivity index (χ2v) is 3.48. The van der Waals surface area contributed by atoms with Gasteiger partial charge in [0.2, 0.25) is 0 Å². The lowest BCUT2D eigenvalue weighted by atomic mass is 10.2. The van der Waals surface area contributed by atoms with Crippen molar-refractivity contribution in [1.29, 1.82) is 10.5 Å². The van der Waals surface area contributed by atoms with Crippen LogP contribution in [0.5, 0.6) is 0 Å². The number of nitrogens with zero attached hydrogens (tertiary/aromatic N) is 3. The molecule has 0 saturated heterocycles. The van der Waals surface area contributed by atoms with E-state index in [1.165, 1.54) is 6.20 Å². The van der Waals surface area contributed by atoms with Gasteiger partial charge >= 0.3 is 0 Å². The molecule has 1 heterocycles. The summed E-state index contributed by atoms with van der Waals surface area (Å²) in [7, 11) is 0. The molecule has 0 bridgehead atoms. The average molecular weight is 214 g/mol. The molecule has 1 aromatic heterocycles. The van der Waals surface area contributed by atoms with E-state index in [0.717, 1.165) is 25.8 Å². The topological polar surface area (TPSA) is 72.5 Å². The number of pyridine rings is 1. The molecule has 0 aliphatic carbocycles. The lowest BCUT2D eigenvalue weighted by molar-refractivity contribution is 0.742. The van der Waals surface area contributed by atoms with E-state index < -0.39 is 0 Å². The predicted octanol–water partition coefficient (Wildman–Crippen LogP) is 2.43. The quantitative estimate of drug-likeness (QED) is 0.764. The lowest BCUT2D eigenvalue weighted by Crippen LogP contribution is -2.05. The highest BCUT2D eigenvalue weighted by atomic mass is 15.0. The van der Waals surface area contributed by atoms with Crippen LogP contribution in [-0.2, 0) is 0 Å². The van der Waals surface area contributed by atoms with Crippen molar-refractivity contribution >= 4 is 5.82 Å². The monoisotopic (exact) mass is 214 g/mol. The van der Waals surface area contributed by atoms with Crippen molar-refractivity contribution < 1.29 is 0 Å². The number of hydrogen-bond donors (Lipinski definition) is 1. The van der Waals surface area contributed by atoms with Gasteiger partial charge in [-0.2, -0.15) is 10.5 Å². The molecule has 0 aromatic carbocycles. The fraction of sp³-hybridized carbons (Fsp3) is 0.417. The summed E-state index contributed by atoms with van der Waals surface area (Å²) in [4.78, 5) is 4.06. The highest BCUT2D eigenvalue weighted by Crippen LogP contribution is 2.12. The molecule has 0 fully saturated rings. The van der Waals surface area contributed by atoms with Crippen molar-refractivity contribution in [3.63, 3.8) is 0 Å². The molecule has 82 valence electrons. The lowest BCUT2D eigenvalue weighted by Gasteiger charge is -2.06. The number of aromatic nitrogens is 1. The van der Waals surface area contributed by atoms with E-state index >= 15 is 0 Å². The van der Waals surface area contributed by atoms with Crippen LogP contribution >= 0.6 is 0 Å². The molecule has 0 aliphatic heterocycles. The molecular formula is C12H14N4. The first-order valence-corrected chi connectivity index (χ1v) is 5.36. The van der Waals surface area contributed by atoms with Gasteiger partial charge in [-0.3, -0.25) is 0 Å².